The zero-order valence-corrected chi connectivity index (χ0v) is 8.26. The van der Waals surface area contributed by atoms with E-state index in [-0.39, 0.29) is 0 Å². The van der Waals surface area contributed by atoms with Gasteiger partial charge in [0.05, 0.1) is 0 Å². The molecule has 12 heavy (non-hydrogen) atoms. The number of anilines is 1. The summed E-state index contributed by atoms with van der Waals surface area (Å²) in [5, 5.41) is 0. The van der Waals surface area contributed by atoms with E-state index in [4.69, 9.17) is 5.73 Å². The van der Waals surface area contributed by atoms with Gasteiger partial charge in [0.2, 0.25) is 0 Å². The number of benzene rings is 1. The quantitative estimate of drug-likeness (QED) is 0.766. The molecule has 0 radical (unpaired) electrons. The van der Waals surface area contributed by atoms with Gasteiger partial charge in [0, 0.05) is 15.7 Å². The molecule has 0 aliphatic carbocycles. The molecule has 0 saturated carbocycles. The summed E-state index contributed by atoms with van der Waals surface area (Å²) >= 11 is 3.31. The first-order valence-electron chi connectivity index (χ1n) is 3.52. The van der Waals surface area contributed by atoms with Crippen molar-refractivity contribution in [2.45, 2.75) is 0 Å². The predicted octanol–water partition coefficient (Wildman–Crippen LogP) is 3.28. The van der Waals surface area contributed by atoms with Crippen LogP contribution in [0.25, 0.3) is 10.6 Å². The molecule has 1 aromatic carbocycles. The maximum Gasteiger partial charge on any atom is 0.0393 e. The van der Waals surface area contributed by atoms with E-state index in [0.29, 0.717) is 0 Å². The molecule has 0 heterocycles. The summed E-state index contributed by atoms with van der Waals surface area (Å²) in [6.07, 6.45) is 1.73. The molecule has 1 rings (SSSR count). The summed E-state index contributed by atoms with van der Waals surface area (Å²) in [4.78, 5) is 0. The standard InChI is InChI=1S/C10H10BrN/c1-3-8-9(7(2)11)5-4-6-10(8)12/h3-6H,1-2,12H2. The summed E-state index contributed by atoms with van der Waals surface area (Å²) in [6.45, 7) is 7.48. The number of hydrogen-bond acceptors (Lipinski definition) is 1. The third-order valence-corrected chi connectivity index (χ3v) is 2.06. The van der Waals surface area contributed by atoms with E-state index in [9.17, 15) is 0 Å². The minimum atomic E-state index is 0.725. The molecule has 0 amide bonds. The van der Waals surface area contributed by atoms with Crippen molar-refractivity contribution >= 4 is 32.2 Å². The molecule has 62 valence electrons. The minimum absolute atomic E-state index is 0.725. The molecule has 0 aromatic heterocycles. The van der Waals surface area contributed by atoms with Gasteiger partial charge in [-0.25, -0.2) is 0 Å². The van der Waals surface area contributed by atoms with E-state index in [1.165, 1.54) is 0 Å². The smallest absolute Gasteiger partial charge is 0.0393 e. The first kappa shape index (κ1) is 9.07. The molecular weight excluding hydrogens is 214 g/mol. The summed E-state index contributed by atoms with van der Waals surface area (Å²) < 4.78 is 0.824. The maximum absolute atomic E-state index is 5.74. The van der Waals surface area contributed by atoms with Crippen molar-refractivity contribution in [3.05, 3.63) is 42.5 Å². The molecule has 0 bridgehead atoms. The topological polar surface area (TPSA) is 26.0 Å². The van der Waals surface area contributed by atoms with E-state index in [0.717, 1.165) is 21.3 Å². The van der Waals surface area contributed by atoms with Gasteiger partial charge in [0.1, 0.15) is 0 Å². The average Bonchev–Trinajstić information content (AvgIpc) is 2.03. The fraction of sp³-hybridized carbons (Fsp3) is 0. The van der Waals surface area contributed by atoms with Crippen LogP contribution in [0.15, 0.2) is 31.4 Å². The Morgan fingerprint density at radius 2 is 2.17 bits per heavy atom. The van der Waals surface area contributed by atoms with Crippen LogP contribution in [0.1, 0.15) is 11.1 Å². The lowest BCUT2D eigenvalue weighted by Gasteiger charge is -2.06. The SMILES string of the molecule is C=Cc1c(N)cccc1C(=C)Br. The van der Waals surface area contributed by atoms with Gasteiger partial charge in [-0.15, -0.1) is 0 Å². The second-order valence-corrected chi connectivity index (χ2v) is 3.37. The molecule has 0 saturated heterocycles. The van der Waals surface area contributed by atoms with Gasteiger partial charge in [-0.2, -0.15) is 0 Å². The maximum atomic E-state index is 5.74. The van der Waals surface area contributed by atoms with E-state index >= 15 is 0 Å². The molecule has 0 aliphatic rings. The van der Waals surface area contributed by atoms with Gasteiger partial charge in [-0.1, -0.05) is 47.3 Å². The van der Waals surface area contributed by atoms with Crippen molar-refractivity contribution in [2.24, 2.45) is 0 Å². The van der Waals surface area contributed by atoms with Crippen LogP contribution in [0.5, 0.6) is 0 Å². The number of nitrogen functional groups attached to an aromatic ring is 1. The van der Waals surface area contributed by atoms with Gasteiger partial charge in [-0.3, -0.25) is 0 Å². The summed E-state index contributed by atoms with van der Waals surface area (Å²) in [6, 6.07) is 5.69. The molecule has 0 fully saturated rings. The Morgan fingerprint density at radius 3 is 2.58 bits per heavy atom. The van der Waals surface area contributed by atoms with Crippen molar-refractivity contribution in [3.8, 4) is 0 Å². The Bertz CT molecular complexity index is 329. The van der Waals surface area contributed by atoms with Crippen LogP contribution in [0.4, 0.5) is 5.69 Å². The van der Waals surface area contributed by atoms with E-state index in [1.807, 2.05) is 18.2 Å². The highest BCUT2D eigenvalue weighted by atomic mass is 79.9. The zero-order chi connectivity index (χ0) is 9.14. The van der Waals surface area contributed by atoms with Crippen molar-refractivity contribution in [3.63, 3.8) is 0 Å². The molecule has 0 aliphatic heterocycles. The van der Waals surface area contributed by atoms with E-state index in [2.05, 4.69) is 29.1 Å². The first-order valence-corrected chi connectivity index (χ1v) is 4.32. The second-order valence-electron chi connectivity index (χ2n) is 2.42. The first-order chi connectivity index (χ1) is 5.66. The third-order valence-electron chi connectivity index (χ3n) is 1.64. The Morgan fingerprint density at radius 1 is 1.50 bits per heavy atom. The van der Waals surface area contributed by atoms with E-state index in [1.54, 1.807) is 6.08 Å². The highest BCUT2D eigenvalue weighted by Crippen LogP contribution is 2.27. The summed E-state index contributed by atoms with van der Waals surface area (Å²) in [7, 11) is 0. The zero-order valence-electron chi connectivity index (χ0n) is 6.68. The van der Waals surface area contributed by atoms with Crippen LogP contribution >= 0.6 is 15.9 Å². The Hall–Kier alpha value is -1.02. The predicted molar refractivity (Wildman–Crippen MR) is 58.9 cm³/mol. The lowest BCUT2D eigenvalue weighted by atomic mass is 10.1. The summed E-state index contributed by atoms with van der Waals surface area (Å²) in [5.41, 5.74) is 8.38. The highest BCUT2D eigenvalue weighted by Gasteiger charge is 2.02. The average molecular weight is 224 g/mol. The Balaban J connectivity index is 3.37. The molecular formula is C10H10BrN. The molecule has 2 heteroatoms. The van der Waals surface area contributed by atoms with Crippen LogP contribution in [-0.2, 0) is 0 Å². The third kappa shape index (κ3) is 1.59. The normalized spacial score (nSPS) is 9.42. The van der Waals surface area contributed by atoms with Gasteiger partial charge in [-0.05, 0) is 11.6 Å². The minimum Gasteiger partial charge on any atom is -0.398 e. The molecule has 2 N–H and O–H groups in total. The largest absolute Gasteiger partial charge is 0.398 e. The molecule has 0 atom stereocenters. The van der Waals surface area contributed by atoms with Crippen molar-refractivity contribution in [1.82, 2.24) is 0 Å². The van der Waals surface area contributed by atoms with Crippen molar-refractivity contribution in [1.29, 1.82) is 0 Å². The van der Waals surface area contributed by atoms with Crippen LogP contribution in [0.3, 0.4) is 0 Å². The molecule has 0 unspecified atom stereocenters. The Kier molecular flexibility index (Phi) is 2.71. The van der Waals surface area contributed by atoms with Crippen LogP contribution < -0.4 is 5.73 Å². The van der Waals surface area contributed by atoms with Gasteiger partial charge in [0.15, 0.2) is 0 Å². The lowest BCUT2D eigenvalue weighted by Crippen LogP contribution is -1.92. The van der Waals surface area contributed by atoms with Crippen molar-refractivity contribution < 1.29 is 0 Å². The van der Waals surface area contributed by atoms with Gasteiger partial charge >= 0.3 is 0 Å². The number of hydrogen-bond donors (Lipinski definition) is 1. The lowest BCUT2D eigenvalue weighted by molar-refractivity contribution is 1.60. The monoisotopic (exact) mass is 223 g/mol. The number of rotatable bonds is 2. The highest BCUT2D eigenvalue weighted by molar-refractivity contribution is 9.15. The fourth-order valence-corrected chi connectivity index (χ4v) is 1.39. The van der Waals surface area contributed by atoms with Crippen LogP contribution in [0, 0.1) is 0 Å². The number of halogens is 1. The molecule has 1 aromatic rings. The van der Waals surface area contributed by atoms with Gasteiger partial charge < -0.3 is 5.73 Å². The second kappa shape index (κ2) is 3.59. The fourth-order valence-electron chi connectivity index (χ4n) is 1.05. The molecule has 0 spiro atoms. The van der Waals surface area contributed by atoms with E-state index < -0.39 is 0 Å². The van der Waals surface area contributed by atoms with Gasteiger partial charge in [0.25, 0.3) is 0 Å². The van der Waals surface area contributed by atoms with Crippen LogP contribution in [-0.4, -0.2) is 0 Å². The van der Waals surface area contributed by atoms with Crippen molar-refractivity contribution in [2.75, 3.05) is 5.73 Å². The number of nitrogens with two attached hydrogens (primary N) is 1. The summed E-state index contributed by atoms with van der Waals surface area (Å²) in [5.74, 6) is 0. The Labute approximate surface area is 80.7 Å². The molecule has 1 nitrogen and oxygen atoms in total. The van der Waals surface area contributed by atoms with Crippen LogP contribution in [0.2, 0.25) is 0 Å².